The molecule has 0 bridgehead atoms. The predicted octanol–water partition coefficient (Wildman–Crippen LogP) is 3.41. The summed E-state index contributed by atoms with van der Waals surface area (Å²) in [6, 6.07) is 3.19. The zero-order chi connectivity index (χ0) is 12.8. The van der Waals surface area contributed by atoms with E-state index in [1.165, 1.54) is 0 Å². The van der Waals surface area contributed by atoms with Gasteiger partial charge in [0.25, 0.3) is 0 Å². The first-order valence-electron chi connectivity index (χ1n) is 5.30. The minimum atomic E-state index is -1.87. The molecule has 0 fully saturated rings. The second kappa shape index (κ2) is 7.55. The molecular formula is C8H16Cl3NO2SiZn. The van der Waals surface area contributed by atoms with Gasteiger partial charge in [-0.2, -0.15) is 0 Å². The van der Waals surface area contributed by atoms with Crippen molar-refractivity contribution in [1.29, 1.82) is 0 Å². The topological polar surface area (TPSA) is 38.3 Å². The summed E-state index contributed by atoms with van der Waals surface area (Å²) in [7, 11) is -1.60. The standard InChI is InChI=1S/C6H15OSi.C2H2Cl3NO.Zn/c1-4-8(7,5-2)6-3;3-2(4,5)1(6)7;/h4-6H2,1-3H3;(H2,6,7);/q-1;;+2/p-1. The van der Waals surface area contributed by atoms with Gasteiger partial charge in [0.15, 0.2) is 0 Å². The fourth-order valence-corrected chi connectivity index (χ4v) is 11.9. The van der Waals surface area contributed by atoms with Gasteiger partial charge in [-0.1, -0.05) is 0 Å². The van der Waals surface area contributed by atoms with Gasteiger partial charge in [-0.05, 0) is 0 Å². The number of carbonyl (C=O) groups excluding carboxylic acids is 1. The number of hydrogen-bond donors (Lipinski definition) is 1. The maximum absolute atomic E-state index is 11.3. The SMILES string of the molecule is CC[Si](CC)(CC)[O][Zn][NH]C(=O)C(Cl)(Cl)Cl. The van der Waals surface area contributed by atoms with Gasteiger partial charge in [-0.15, -0.1) is 0 Å². The molecule has 0 spiro atoms. The van der Waals surface area contributed by atoms with Crippen LogP contribution in [-0.4, -0.2) is 18.0 Å². The van der Waals surface area contributed by atoms with Gasteiger partial charge in [0.2, 0.25) is 0 Å². The van der Waals surface area contributed by atoms with Gasteiger partial charge in [0.05, 0.1) is 0 Å². The second-order valence-electron chi connectivity index (χ2n) is 3.54. The number of halogens is 3. The van der Waals surface area contributed by atoms with Gasteiger partial charge < -0.3 is 0 Å². The summed E-state index contributed by atoms with van der Waals surface area (Å²) in [5, 5.41) is 0. The average Bonchev–Trinajstić information content (AvgIpc) is 2.23. The van der Waals surface area contributed by atoms with Crippen LogP contribution in [0.1, 0.15) is 20.8 Å². The monoisotopic (exact) mass is 355 g/mol. The molecule has 0 aliphatic rings. The normalized spacial score (nSPS) is 12.1. The van der Waals surface area contributed by atoms with E-state index in [9.17, 15) is 4.79 Å². The van der Waals surface area contributed by atoms with E-state index < -0.39 is 35.7 Å². The Morgan fingerprint density at radius 2 is 1.69 bits per heavy atom. The summed E-state index contributed by atoms with van der Waals surface area (Å²) in [4.78, 5) is 11.3. The Labute approximate surface area is 121 Å². The first kappa shape index (κ1) is 17.1. The molecule has 0 atom stereocenters. The molecule has 1 amide bonds. The zero-order valence-corrected chi connectivity index (χ0v) is 16.0. The van der Waals surface area contributed by atoms with E-state index in [4.69, 9.17) is 38.1 Å². The van der Waals surface area contributed by atoms with E-state index >= 15 is 0 Å². The van der Waals surface area contributed by atoms with E-state index in [2.05, 4.69) is 24.8 Å². The quantitative estimate of drug-likeness (QED) is 0.584. The van der Waals surface area contributed by atoms with Crippen molar-refractivity contribution in [2.45, 2.75) is 42.7 Å². The summed E-state index contributed by atoms with van der Waals surface area (Å²) in [5.41, 5.74) is 0. The number of carbonyl (C=O) groups is 1. The molecule has 0 radical (unpaired) electrons. The van der Waals surface area contributed by atoms with Crippen molar-refractivity contribution >= 4 is 49.0 Å². The third-order valence-electron chi connectivity index (χ3n) is 2.80. The fourth-order valence-electron chi connectivity index (χ4n) is 1.41. The molecule has 0 aromatic heterocycles. The number of rotatable bonds is 6. The van der Waals surface area contributed by atoms with Crippen molar-refractivity contribution in [2.24, 2.45) is 0 Å². The Balaban J connectivity index is 4.11. The van der Waals surface area contributed by atoms with Gasteiger partial charge in [0.1, 0.15) is 0 Å². The molecule has 8 heteroatoms. The Morgan fingerprint density at radius 3 is 2.00 bits per heavy atom. The van der Waals surface area contributed by atoms with Crippen LogP contribution >= 0.6 is 34.8 Å². The number of hydrogen-bond acceptors (Lipinski definition) is 2. The summed E-state index contributed by atoms with van der Waals surface area (Å²) in [6.45, 7) is 6.41. The van der Waals surface area contributed by atoms with Crippen LogP contribution in [0.25, 0.3) is 0 Å². The first-order valence-corrected chi connectivity index (χ1v) is 11.7. The molecule has 0 unspecified atom stereocenters. The summed E-state index contributed by atoms with van der Waals surface area (Å²) < 4.78 is 6.74. The van der Waals surface area contributed by atoms with E-state index in [1.54, 1.807) is 0 Å². The molecule has 16 heavy (non-hydrogen) atoms. The molecule has 0 saturated carbocycles. The third kappa shape index (κ3) is 5.65. The number of nitrogens with one attached hydrogen (secondary N) is 1. The van der Waals surface area contributed by atoms with E-state index in [0.29, 0.717) is 0 Å². The summed E-state index contributed by atoms with van der Waals surface area (Å²) >= 11 is 14.7. The number of alkyl halides is 3. The maximum atomic E-state index is 11.3. The van der Waals surface area contributed by atoms with Crippen LogP contribution < -0.4 is 4.06 Å². The molecule has 92 valence electrons. The molecule has 0 heterocycles. The fraction of sp³-hybridized carbons (Fsp3) is 0.875. The van der Waals surface area contributed by atoms with E-state index in [1.807, 2.05) is 0 Å². The molecule has 0 saturated heterocycles. The molecule has 0 aliphatic carbocycles. The molecule has 1 N–H and O–H groups in total. The first-order chi connectivity index (χ1) is 7.31. The van der Waals surface area contributed by atoms with Gasteiger partial charge in [-0.25, -0.2) is 0 Å². The van der Waals surface area contributed by atoms with Crippen molar-refractivity contribution < 1.29 is 25.8 Å². The second-order valence-corrected chi connectivity index (χ2v) is 13.8. The number of amides is 1. The molecule has 0 aliphatic heterocycles. The van der Waals surface area contributed by atoms with Crippen LogP contribution in [0.15, 0.2) is 0 Å². The molecule has 0 aromatic carbocycles. The van der Waals surface area contributed by atoms with Gasteiger partial charge in [0, 0.05) is 0 Å². The average molecular weight is 358 g/mol. The zero-order valence-electron chi connectivity index (χ0n) is 9.78. The van der Waals surface area contributed by atoms with Crippen molar-refractivity contribution in [1.82, 2.24) is 4.06 Å². The van der Waals surface area contributed by atoms with Gasteiger partial charge in [-0.3, -0.25) is 0 Å². The van der Waals surface area contributed by atoms with E-state index in [0.717, 1.165) is 18.1 Å². The molecular weight excluding hydrogens is 342 g/mol. The van der Waals surface area contributed by atoms with Crippen LogP contribution in [0.2, 0.25) is 18.1 Å². The minimum absolute atomic E-state index is 0.566. The van der Waals surface area contributed by atoms with Crippen molar-refractivity contribution in [3.05, 3.63) is 0 Å². The Hall–Kier alpha value is 1.14. The van der Waals surface area contributed by atoms with Crippen molar-refractivity contribution in [2.75, 3.05) is 0 Å². The Bertz CT molecular complexity index is 226. The molecule has 0 aromatic rings. The summed E-state index contributed by atoms with van der Waals surface area (Å²) in [6.07, 6.45) is 0. The summed E-state index contributed by atoms with van der Waals surface area (Å²) in [5.74, 6) is -0.566. The Morgan fingerprint density at radius 1 is 1.25 bits per heavy atom. The van der Waals surface area contributed by atoms with E-state index in [-0.39, 0.29) is 0 Å². The van der Waals surface area contributed by atoms with Crippen LogP contribution in [-0.2, 0) is 25.8 Å². The van der Waals surface area contributed by atoms with Crippen LogP contribution in [0, 0.1) is 0 Å². The van der Waals surface area contributed by atoms with Crippen molar-refractivity contribution in [3.63, 3.8) is 0 Å². The van der Waals surface area contributed by atoms with Crippen LogP contribution in [0.4, 0.5) is 0 Å². The van der Waals surface area contributed by atoms with Crippen molar-refractivity contribution in [3.8, 4) is 0 Å². The Kier molecular flexibility index (Phi) is 8.09. The van der Waals surface area contributed by atoms with Crippen LogP contribution in [0.5, 0.6) is 0 Å². The van der Waals surface area contributed by atoms with Gasteiger partial charge >= 0.3 is 122 Å². The predicted molar refractivity (Wildman–Crippen MR) is 66.7 cm³/mol. The van der Waals surface area contributed by atoms with Crippen LogP contribution in [0.3, 0.4) is 0 Å². The molecule has 3 nitrogen and oxygen atoms in total. The third-order valence-corrected chi connectivity index (χ3v) is 13.7. The molecule has 0 rings (SSSR count).